The van der Waals surface area contributed by atoms with Crippen molar-refractivity contribution < 1.29 is 10.2 Å². The molecule has 3 heterocycles. The Balaban J connectivity index is 0.00000107. The molecule has 0 radical (unpaired) electrons. The van der Waals surface area contributed by atoms with Crippen molar-refractivity contribution in [3.8, 4) is 0 Å². The molecular weight excluding hydrogens is 427 g/mol. The maximum Gasteiger partial charge on any atom is 0.245 e. The van der Waals surface area contributed by atoms with Crippen molar-refractivity contribution in [1.29, 1.82) is 0 Å². The fourth-order valence-electron chi connectivity index (χ4n) is 4.70. The number of hydrogen-bond donors (Lipinski definition) is 2. The average molecular weight is 463 g/mol. The number of aliphatic imine (C=N–C) groups is 2. The Morgan fingerprint density at radius 2 is 1.93 bits per heavy atom. The molecule has 30 heavy (non-hydrogen) atoms. The molecule has 0 aromatic carbocycles. The lowest BCUT2D eigenvalue weighted by molar-refractivity contribution is -0.131. The number of allylic oxidation sites excluding steroid dienone is 1. The first-order valence-corrected chi connectivity index (χ1v) is 10.8. The predicted molar refractivity (Wildman–Crippen MR) is 124 cm³/mol. The number of rotatable bonds is 5. The van der Waals surface area contributed by atoms with Crippen LogP contribution in [0.4, 0.5) is 0 Å². The van der Waals surface area contributed by atoms with E-state index in [1.165, 1.54) is 44.9 Å². The predicted octanol–water partition coefficient (Wildman–Crippen LogP) is 2.06. The van der Waals surface area contributed by atoms with Gasteiger partial charge in [0.2, 0.25) is 11.8 Å². The van der Waals surface area contributed by atoms with Gasteiger partial charge in [-0.2, -0.15) is 10.4 Å². The number of halogens is 2. The van der Waals surface area contributed by atoms with Crippen LogP contribution in [0.3, 0.4) is 0 Å². The number of guanidine groups is 1. The van der Waals surface area contributed by atoms with E-state index in [0.29, 0.717) is 12.0 Å². The van der Waals surface area contributed by atoms with Crippen LogP contribution >= 0.6 is 24.8 Å². The molecule has 5 rings (SSSR count). The third-order valence-corrected chi connectivity index (χ3v) is 6.47. The van der Waals surface area contributed by atoms with E-state index >= 15 is 0 Å². The second-order valence-electron chi connectivity index (χ2n) is 8.75. The van der Waals surface area contributed by atoms with Gasteiger partial charge < -0.3 is 20.4 Å². The Morgan fingerprint density at radius 3 is 2.63 bits per heavy atom. The second kappa shape index (κ2) is 10.6. The molecule has 1 saturated heterocycles. The summed E-state index contributed by atoms with van der Waals surface area (Å²) in [5.41, 5.74) is 3.68. The topological polar surface area (TPSA) is 96.0 Å². The van der Waals surface area contributed by atoms with Gasteiger partial charge in [0, 0.05) is 37.8 Å². The van der Waals surface area contributed by atoms with E-state index in [-0.39, 0.29) is 30.3 Å². The molecule has 2 atom stereocenters. The third kappa shape index (κ3) is 5.11. The molecule has 2 unspecified atom stereocenters. The smallest absolute Gasteiger partial charge is 0.245 e. The lowest BCUT2D eigenvalue weighted by Crippen LogP contribution is -2.58. The molecule has 0 aromatic heterocycles. The quantitative estimate of drug-likeness (QED) is 0.651. The molecule has 0 bridgehead atoms. The van der Waals surface area contributed by atoms with Gasteiger partial charge in [0.1, 0.15) is 5.82 Å². The van der Waals surface area contributed by atoms with Crippen LogP contribution in [-0.2, 0) is 4.74 Å². The van der Waals surface area contributed by atoms with Crippen molar-refractivity contribution in [1.82, 2.24) is 20.7 Å². The minimum Gasteiger partial charge on any atom is -0.412 e. The first-order chi connectivity index (χ1) is 13.2. The molecule has 3 aliphatic heterocycles. The first-order valence-electron chi connectivity index (χ1n) is 10.8. The number of nitrogens with one attached hydrogen (secondary N) is 2. The zero-order valence-corrected chi connectivity index (χ0v) is 19.3. The molecule has 3 fully saturated rings. The van der Waals surface area contributed by atoms with Gasteiger partial charge in [-0.1, -0.05) is 19.3 Å². The van der Waals surface area contributed by atoms with Crippen molar-refractivity contribution >= 4 is 37.0 Å². The van der Waals surface area contributed by atoms with E-state index in [4.69, 9.17) is 9.73 Å². The maximum absolute atomic E-state index is 6.53. The molecule has 172 valence electrons. The second-order valence-corrected chi connectivity index (χ2v) is 8.75. The normalized spacial score (nSPS) is 31.0. The fourth-order valence-corrected chi connectivity index (χ4v) is 4.70. The fraction of sp³-hybridized carbons (Fsp3) is 0.800. The minimum atomic E-state index is -0.640. The van der Waals surface area contributed by atoms with Gasteiger partial charge in [0.25, 0.3) is 0 Å². The largest absolute Gasteiger partial charge is 0.412 e. The number of hydrogen-bond acceptors (Lipinski definition) is 7. The molecule has 5 aliphatic rings. The Morgan fingerprint density at radius 1 is 1.17 bits per heavy atom. The Hall–Kier alpha value is -0.900. The molecular formula is C20H36Cl2N6O2. The highest BCUT2D eigenvalue weighted by Crippen LogP contribution is 2.40. The lowest BCUT2D eigenvalue weighted by Gasteiger charge is -2.41. The Labute approximate surface area is 191 Å². The molecule has 0 amide bonds. The van der Waals surface area contributed by atoms with Crippen LogP contribution in [0.15, 0.2) is 21.9 Å². The standard InChI is InChI=1S/C20H32N6O.2ClH.H2O/c1-15-13-25(12-11-21-15)18-9-10-22-19-23-20(24-26(18)19,27-14-16-7-8-16)17-5-3-2-4-6-17;;;/h9-10,15-17,21,24H,2-8,11-14H2,1H3;2*1H;1H2. The molecule has 4 N–H and O–H groups in total. The summed E-state index contributed by atoms with van der Waals surface area (Å²) in [5, 5.41) is 5.60. The summed E-state index contributed by atoms with van der Waals surface area (Å²) in [6.45, 7) is 6.03. The monoisotopic (exact) mass is 462 g/mol. The van der Waals surface area contributed by atoms with E-state index in [9.17, 15) is 0 Å². The van der Waals surface area contributed by atoms with Gasteiger partial charge in [0.15, 0.2) is 0 Å². The minimum absolute atomic E-state index is 0. The zero-order valence-electron chi connectivity index (χ0n) is 17.7. The third-order valence-electron chi connectivity index (χ3n) is 6.47. The van der Waals surface area contributed by atoms with Gasteiger partial charge in [-0.15, -0.1) is 24.8 Å². The van der Waals surface area contributed by atoms with Crippen LogP contribution in [0.25, 0.3) is 0 Å². The van der Waals surface area contributed by atoms with Crippen LogP contribution in [0.5, 0.6) is 0 Å². The lowest BCUT2D eigenvalue weighted by atomic mass is 9.85. The Kier molecular flexibility index (Phi) is 8.97. The van der Waals surface area contributed by atoms with E-state index in [0.717, 1.165) is 43.9 Å². The van der Waals surface area contributed by atoms with E-state index in [1.807, 2.05) is 6.21 Å². The van der Waals surface area contributed by atoms with Gasteiger partial charge in [-0.3, -0.25) is 0 Å². The number of hydrazine groups is 1. The molecule has 2 saturated carbocycles. The summed E-state index contributed by atoms with van der Waals surface area (Å²) < 4.78 is 6.53. The number of fused-ring (bicyclic) bond motifs is 1. The van der Waals surface area contributed by atoms with Crippen molar-refractivity contribution in [2.45, 2.75) is 63.8 Å². The van der Waals surface area contributed by atoms with E-state index in [1.54, 1.807) is 0 Å². The highest BCUT2D eigenvalue weighted by atomic mass is 35.5. The van der Waals surface area contributed by atoms with E-state index < -0.39 is 5.85 Å². The van der Waals surface area contributed by atoms with Crippen LogP contribution < -0.4 is 10.7 Å². The molecule has 0 aromatic rings. The summed E-state index contributed by atoms with van der Waals surface area (Å²) in [5.74, 6) is 2.39. The van der Waals surface area contributed by atoms with Crippen LogP contribution in [0, 0.1) is 11.8 Å². The van der Waals surface area contributed by atoms with Gasteiger partial charge in [-0.25, -0.2) is 10.0 Å². The highest BCUT2D eigenvalue weighted by molar-refractivity contribution is 5.96. The summed E-state index contributed by atoms with van der Waals surface area (Å²) in [7, 11) is 0. The van der Waals surface area contributed by atoms with Crippen molar-refractivity contribution in [3.63, 3.8) is 0 Å². The van der Waals surface area contributed by atoms with Crippen LogP contribution in [0.2, 0.25) is 0 Å². The Bertz CT molecular complexity index is 666. The zero-order chi connectivity index (χ0) is 18.3. The first kappa shape index (κ1) is 25.4. The SMILES string of the molecule is CC1CN(C2=CC=NC3=NC(OCC4CC4)(C4CCCCC4)NN23)CCN1.Cl.Cl.O. The molecule has 8 nitrogen and oxygen atoms in total. The van der Waals surface area contributed by atoms with Crippen molar-refractivity contribution in [3.05, 3.63) is 11.9 Å². The number of nitrogens with zero attached hydrogens (tertiary/aromatic N) is 4. The molecule has 0 spiro atoms. The van der Waals surface area contributed by atoms with Gasteiger partial charge in [0.05, 0.1) is 6.61 Å². The summed E-state index contributed by atoms with van der Waals surface area (Å²) >= 11 is 0. The number of piperazine rings is 1. The molecule has 2 aliphatic carbocycles. The van der Waals surface area contributed by atoms with Gasteiger partial charge in [-0.05, 0) is 44.6 Å². The molecule has 10 heteroatoms. The highest BCUT2D eigenvalue weighted by Gasteiger charge is 2.49. The van der Waals surface area contributed by atoms with Crippen molar-refractivity contribution in [2.24, 2.45) is 21.8 Å². The maximum atomic E-state index is 6.53. The average Bonchev–Trinajstić information content (AvgIpc) is 3.45. The van der Waals surface area contributed by atoms with Crippen LogP contribution in [-0.4, -0.2) is 65.7 Å². The summed E-state index contributed by atoms with van der Waals surface area (Å²) in [6.07, 6.45) is 12.8. The van der Waals surface area contributed by atoms with Gasteiger partial charge >= 0.3 is 0 Å². The summed E-state index contributed by atoms with van der Waals surface area (Å²) in [6, 6.07) is 0.482. The van der Waals surface area contributed by atoms with Crippen molar-refractivity contribution in [2.75, 3.05) is 26.2 Å². The van der Waals surface area contributed by atoms with Crippen LogP contribution in [0.1, 0.15) is 51.9 Å². The number of ether oxygens (including phenoxy) is 1. The van der Waals surface area contributed by atoms with E-state index in [2.05, 4.69) is 38.6 Å². The summed E-state index contributed by atoms with van der Waals surface area (Å²) in [4.78, 5) is 12.1.